The van der Waals surface area contributed by atoms with E-state index in [1.165, 1.54) is 16.0 Å². The van der Waals surface area contributed by atoms with E-state index in [0.29, 0.717) is 6.54 Å². The molecule has 0 aliphatic carbocycles. The van der Waals surface area contributed by atoms with Crippen LogP contribution in [0.15, 0.2) is 41.8 Å². The van der Waals surface area contributed by atoms with Gasteiger partial charge in [-0.15, -0.1) is 11.3 Å². The van der Waals surface area contributed by atoms with Crippen LogP contribution in [0, 0.1) is 0 Å². The molecule has 0 amide bonds. The summed E-state index contributed by atoms with van der Waals surface area (Å²) in [6, 6.07) is 13.0. The monoisotopic (exact) mass is 328 g/mol. The zero-order valence-corrected chi connectivity index (χ0v) is 14.2. The highest BCUT2D eigenvalue weighted by atomic mass is 32.1. The lowest BCUT2D eigenvalue weighted by atomic mass is 9.81. The molecule has 1 aromatic heterocycles. The van der Waals surface area contributed by atoms with Gasteiger partial charge in [0.2, 0.25) is 0 Å². The van der Waals surface area contributed by atoms with Gasteiger partial charge in [-0.2, -0.15) is 0 Å². The summed E-state index contributed by atoms with van der Waals surface area (Å²) in [6.07, 6.45) is 3.31. The topological polar surface area (TPSA) is 38.5 Å². The molecular weight excluding hydrogens is 304 g/mol. The lowest BCUT2D eigenvalue weighted by Crippen LogP contribution is -2.49. The van der Waals surface area contributed by atoms with Crippen LogP contribution in [0.1, 0.15) is 28.8 Å². The predicted octanol–water partition coefficient (Wildman–Crippen LogP) is 3.14. The van der Waals surface area contributed by atoms with Crippen LogP contribution in [-0.4, -0.2) is 30.6 Å². The largest absolute Gasteiger partial charge is 0.365 e. The number of piperidine rings is 1. The Kier molecular flexibility index (Phi) is 4.24. The number of ether oxygens (including phenoxy) is 1. The molecular formula is C19H24N2OS. The van der Waals surface area contributed by atoms with Crippen LogP contribution in [0.2, 0.25) is 0 Å². The van der Waals surface area contributed by atoms with E-state index in [2.05, 4.69) is 46.7 Å². The Balaban J connectivity index is 1.48. The third-order valence-corrected chi connectivity index (χ3v) is 6.16. The Morgan fingerprint density at radius 2 is 1.96 bits per heavy atom. The number of rotatable bonds is 3. The van der Waals surface area contributed by atoms with Crippen molar-refractivity contribution in [3.8, 4) is 0 Å². The molecule has 0 radical (unpaired) electrons. The first-order chi connectivity index (χ1) is 11.3. The highest BCUT2D eigenvalue weighted by Gasteiger charge is 2.43. The normalized spacial score (nSPS) is 23.8. The molecule has 2 aliphatic rings. The maximum Gasteiger partial charge on any atom is 0.0970 e. The van der Waals surface area contributed by atoms with E-state index in [9.17, 15) is 0 Å². The molecule has 0 bridgehead atoms. The van der Waals surface area contributed by atoms with Crippen molar-refractivity contribution in [2.75, 3.05) is 19.6 Å². The molecule has 0 saturated carbocycles. The van der Waals surface area contributed by atoms with Gasteiger partial charge in [-0.1, -0.05) is 30.3 Å². The molecule has 2 aromatic rings. The fourth-order valence-corrected chi connectivity index (χ4v) is 5.00. The van der Waals surface area contributed by atoms with Crippen LogP contribution in [0.25, 0.3) is 0 Å². The Bertz CT molecular complexity index is 646. The van der Waals surface area contributed by atoms with E-state index in [4.69, 9.17) is 10.5 Å². The molecule has 23 heavy (non-hydrogen) atoms. The number of likely N-dealkylation sites (tertiary alicyclic amines) is 1. The summed E-state index contributed by atoms with van der Waals surface area (Å²) >= 11 is 1.87. The van der Waals surface area contributed by atoms with E-state index in [-0.39, 0.29) is 11.7 Å². The van der Waals surface area contributed by atoms with Gasteiger partial charge in [0.25, 0.3) is 0 Å². The van der Waals surface area contributed by atoms with E-state index in [1.54, 1.807) is 0 Å². The van der Waals surface area contributed by atoms with Gasteiger partial charge < -0.3 is 10.5 Å². The highest BCUT2D eigenvalue weighted by molar-refractivity contribution is 7.10. The fourth-order valence-electron chi connectivity index (χ4n) is 3.97. The van der Waals surface area contributed by atoms with Gasteiger partial charge in [0.15, 0.2) is 0 Å². The number of fused-ring (bicyclic) bond motifs is 2. The van der Waals surface area contributed by atoms with Crippen molar-refractivity contribution in [1.29, 1.82) is 0 Å². The van der Waals surface area contributed by atoms with Crippen molar-refractivity contribution in [1.82, 2.24) is 4.90 Å². The maximum absolute atomic E-state index is 6.50. The Morgan fingerprint density at radius 3 is 2.70 bits per heavy atom. The zero-order valence-electron chi connectivity index (χ0n) is 13.4. The number of hydrogen-bond donors (Lipinski definition) is 1. The lowest BCUT2D eigenvalue weighted by Gasteiger charge is -2.46. The average molecular weight is 328 g/mol. The molecule has 1 atom stereocenters. The van der Waals surface area contributed by atoms with Gasteiger partial charge >= 0.3 is 0 Å². The molecule has 3 nitrogen and oxygen atoms in total. The first-order valence-corrected chi connectivity index (χ1v) is 9.38. The van der Waals surface area contributed by atoms with E-state index >= 15 is 0 Å². The zero-order chi connectivity index (χ0) is 15.7. The van der Waals surface area contributed by atoms with Crippen LogP contribution < -0.4 is 5.73 Å². The molecule has 4 rings (SSSR count). The second-order valence-corrected chi connectivity index (χ2v) is 7.69. The molecule has 2 N–H and O–H groups in total. The number of nitrogens with zero attached hydrogens (tertiary/aromatic N) is 1. The summed E-state index contributed by atoms with van der Waals surface area (Å²) in [5.74, 6) is 0. The SMILES string of the molecule is NC[C@H]1Cc2sccc2C2(CCN(Cc3ccccc3)CC2)O1. The second kappa shape index (κ2) is 6.36. The van der Waals surface area contributed by atoms with Crippen LogP contribution in [-0.2, 0) is 23.3 Å². The number of nitrogens with two attached hydrogens (primary N) is 1. The first kappa shape index (κ1) is 15.3. The van der Waals surface area contributed by atoms with Gasteiger partial charge in [0.1, 0.15) is 0 Å². The molecule has 1 fully saturated rings. The summed E-state index contributed by atoms with van der Waals surface area (Å²) in [6.45, 7) is 3.82. The predicted molar refractivity (Wildman–Crippen MR) is 94.6 cm³/mol. The minimum Gasteiger partial charge on any atom is -0.365 e. The Hall–Kier alpha value is -1.20. The van der Waals surface area contributed by atoms with Gasteiger partial charge in [0.05, 0.1) is 11.7 Å². The summed E-state index contributed by atoms with van der Waals surface area (Å²) in [7, 11) is 0. The van der Waals surface area contributed by atoms with Crippen molar-refractivity contribution < 1.29 is 4.74 Å². The summed E-state index contributed by atoms with van der Waals surface area (Å²) in [5, 5.41) is 2.21. The lowest BCUT2D eigenvalue weighted by molar-refractivity contribution is -0.136. The van der Waals surface area contributed by atoms with Crippen LogP contribution in [0.4, 0.5) is 0 Å². The molecule has 3 heterocycles. The highest BCUT2D eigenvalue weighted by Crippen LogP contribution is 2.45. The van der Waals surface area contributed by atoms with Crippen molar-refractivity contribution in [2.45, 2.75) is 37.5 Å². The van der Waals surface area contributed by atoms with Gasteiger partial charge in [-0.05, 0) is 35.4 Å². The number of benzene rings is 1. The van der Waals surface area contributed by atoms with Crippen molar-refractivity contribution in [2.24, 2.45) is 5.73 Å². The smallest absolute Gasteiger partial charge is 0.0970 e. The molecule has 1 saturated heterocycles. The van der Waals surface area contributed by atoms with E-state index in [0.717, 1.165) is 38.9 Å². The van der Waals surface area contributed by atoms with Crippen LogP contribution in [0.3, 0.4) is 0 Å². The Labute approximate surface area is 142 Å². The molecule has 2 aliphatic heterocycles. The summed E-state index contributed by atoms with van der Waals surface area (Å²) < 4.78 is 6.50. The Morgan fingerprint density at radius 1 is 1.17 bits per heavy atom. The first-order valence-electron chi connectivity index (χ1n) is 8.50. The molecule has 4 heteroatoms. The van der Waals surface area contributed by atoms with Gasteiger partial charge in [0, 0.05) is 37.5 Å². The van der Waals surface area contributed by atoms with Gasteiger partial charge in [-0.3, -0.25) is 4.90 Å². The third kappa shape index (κ3) is 2.96. The average Bonchev–Trinajstić information content (AvgIpc) is 3.07. The number of thiophene rings is 1. The van der Waals surface area contributed by atoms with Crippen LogP contribution >= 0.6 is 11.3 Å². The molecule has 0 unspecified atom stereocenters. The standard InChI is InChI=1S/C19H24N2OS/c20-13-16-12-18-17(6-11-23-18)19(22-16)7-9-21(10-8-19)14-15-4-2-1-3-5-15/h1-6,11,16H,7-10,12-14,20H2/t16-/m1/s1. The fraction of sp³-hybridized carbons (Fsp3) is 0.474. The minimum absolute atomic E-state index is 0.0925. The summed E-state index contributed by atoms with van der Waals surface area (Å²) in [4.78, 5) is 4.03. The van der Waals surface area contributed by atoms with E-state index in [1.807, 2.05) is 11.3 Å². The van der Waals surface area contributed by atoms with E-state index < -0.39 is 0 Å². The number of hydrogen-bond acceptors (Lipinski definition) is 4. The minimum atomic E-state index is -0.0925. The van der Waals surface area contributed by atoms with Crippen molar-refractivity contribution in [3.05, 3.63) is 57.8 Å². The van der Waals surface area contributed by atoms with Crippen LogP contribution in [0.5, 0.6) is 0 Å². The summed E-state index contributed by atoms with van der Waals surface area (Å²) in [5.41, 5.74) is 8.65. The maximum atomic E-state index is 6.50. The molecule has 122 valence electrons. The van der Waals surface area contributed by atoms with Crippen molar-refractivity contribution >= 4 is 11.3 Å². The third-order valence-electron chi connectivity index (χ3n) is 5.22. The van der Waals surface area contributed by atoms with Crippen molar-refractivity contribution in [3.63, 3.8) is 0 Å². The molecule has 1 aromatic carbocycles. The molecule has 1 spiro atoms. The quantitative estimate of drug-likeness (QED) is 0.941. The van der Waals surface area contributed by atoms with Gasteiger partial charge in [-0.25, -0.2) is 0 Å². The second-order valence-electron chi connectivity index (χ2n) is 6.69.